The van der Waals surface area contributed by atoms with Gasteiger partial charge in [-0.2, -0.15) is 13.2 Å². The van der Waals surface area contributed by atoms with Gasteiger partial charge in [-0.15, -0.1) is 11.3 Å². The van der Waals surface area contributed by atoms with Crippen molar-refractivity contribution in [2.45, 2.75) is 12.7 Å². The normalized spacial score (nSPS) is 11.5. The van der Waals surface area contributed by atoms with Crippen LogP contribution in [0.2, 0.25) is 5.02 Å². The molecule has 0 aliphatic rings. The molecule has 0 spiro atoms. The zero-order valence-corrected chi connectivity index (χ0v) is 17.4. The molecule has 2 amide bonds. The van der Waals surface area contributed by atoms with Gasteiger partial charge >= 0.3 is 6.18 Å². The standard InChI is InChI=1S/C19H12ClF3N6O2S/c20-12-2-1-9(5-11(12)19(21,22)23)29-17(30)13-6-25-14(32-13)7-26-18(31)15-10-3-4-24-16(10)28-8-27-15/h1-6,8H,7H2,(H,26,31)(H,29,30)(H,24,27,28). The average Bonchev–Trinajstić information content (AvgIpc) is 3.42. The van der Waals surface area contributed by atoms with E-state index < -0.39 is 28.6 Å². The average molecular weight is 481 g/mol. The van der Waals surface area contributed by atoms with Gasteiger partial charge in [0.05, 0.1) is 28.7 Å². The van der Waals surface area contributed by atoms with Gasteiger partial charge in [-0.05, 0) is 24.3 Å². The summed E-state index contributed by atoms with van der Waals surface area (Å²) < 4.78 is 39.0. The summed E-state index contributed by atoms with van der Waals surface area (Å²) in [6.45, 7) is 0.0336. The van der Waals surface area contributed by atoms with Gasteiger partial charge in [-0.1, -0.05) is 11.6 Å². The van der Waals surface area contributed by atoms with E-state index in [1.54, 1.807) is 12.3 Å². The van der Waals surface area contributed by atoms with Gasteiger partial charge in [0.1, 0.15) is 27.6 Å². The summed E-state index contributed by atoms with van der Waals surface area (Å²) in [7, 11) is 0. The Morgan fingerprint density at radius 1 is 1.12 bits per heavy atom. The second-order valence-electron chi connectivity index (χ2n) is 6.41. The van der Waals surface area contributed by atoms with E-state index in [1.807, 2.05) is 0 Å². The van der Waals surface area contributed by atoms with Gasteiger partial charge in [-0.3, -0.25) is 9.59 Å². The van der Waals surface area contributed by atoms with Crippen LogP contribution in [0, 0.1) is 0 Å². The van der Waals surface area contributed by atoms with Crippen molar-refractivity contribution < 1.29 is 22.8 Å². The number of hydrogen-bond acceptors (Lipinski definition) is 6. The Morgan fingerprint density at radius 3 is 2.72 bits per heavy atom. The molecule has 8 nitrogen and oxygen atoms in total. The highest BCUT2D eigenvalue weighted by Gasteiger charge is 2.33. The number of amides is 2. The number of alkyl halides is 3. The van der Waals surface area contributed by atoms with Crippen LogP contribution in [0.4, 0.5) is 18.9 Å². The van der Waals surface area contributed by atoms with E-state index in [9.17, 15) is 22.8 Å². The number of H-pyrrole nitrogens is 1. The van der Waals surface area contributed by atoms with E-state index in [4.69, 9.17) is 11.6 Å². The minimum absolute atomic E-state index is 0.0336. The van der Waals surface area contributed by atoms with Crippen molar-refractivity contribution in [3.63, 3.8) is 0 Å². The molecule has 3 N–H and O–H groups in total. The second kappa shape index (κ2) is 8.55. The number of anilines is 1. The predicted octanol–water partition coefficient (Wildman–Crippen LogP) is 4.27. The van der Waals surface area contributed by atoms with Crippen LogP contribution in [0.5, 0.6) is 0 Å². The summed E-state index contributed by atoms with van der Waals surface area (Å²) in [4.78, 5) is 39.9. The topological polar surface area (TPSA) is 113 Å². The lowest BCUT2D eigenvalue weighted by atomic mass is 10.2. The first-order valence-corrected chi connectivity index (χ1v) is 10.1. The number of carbonyl (C=O) groups excluding carboxylic acids is 2. The molecular formula is C19H12ClF3N6O2S. The van der Waals surface area contributed by atoms with E-state index in [-0.39, 0.29) is 22.8 Å². The number of thiazole rings is 1. The molecule has 4 rings (SSSR count). The Kier molecular flexibility index (Phi) is 5.80. The Bertz CT molecular complexity index is 1320. The van der Waals surface area contributed by atoms with Crippen LogP contribution in [-0.4, -0.2) is 31.8 Å². The van der Waals surface area contributed by atoms with Crippen LogP contribution in [0.25, 0.3) is 11.0 Å². The molecule has 0 unspecified atom stereocenters. The van der Waals surface area contributed by atoms with Crippen LogP contribution in [0.1, 0.15) is 30.7 Å². The summed E-state index contributed by atoms with van der Waals surface area (Å²) in [6, 6.07) is 4.76. The zero-order chi connectivity index (χ0) is 22.9. The van der Waals surface area contributed by atoms with E-state index in [1.165, 1.54) is 18.6 Å². The molecule has 3 heterocycles. The number of halogens is 4. The molecule has 13 heteroatoms. The first-order valence-electron chi connectivity index (χ1n) is 8.91. The summed E-state index contributed by atoms with van der Waals surface area (Å²) >= 11 is 6.57. The van der Waals surface area contributed by atoms with E-state index in [0.29, 0.717) is 16.0 Å². The molecule has 0 aliphatic carbocycles. The number of rotatable bonds is 5. The van der Waals surface area contributed by atoms with Crippen LogP contribution >= 0.6 is 22.9 Å². The highest BCUT2D eigenvalue weighted by molar-refractivity contribution is 7.13. The lowest BCUT2D eigenvalue weighted by Gasteiger charge is -2.11. The van der Waals surface area contributed by atoms with Crippen LogP contribution in [-0.2, 0) is 12.7 Å². The number of carbonyl (C=O) groups is 2. The van der Waals surface area contributed by atoms with Crippen molar-refractivity contribution in [3.8, 4) is 0 Å². The van der Waals surface area contributed by atoms with E-state index in [0.717, 1.165) is 23.5 Å². The molecule has 4 aromatic rings. The lowest BCUT2D eigenvalue weighted by Crippen LogP contribution is -2.24. The minimum atomic E-state index is -4.65. The number of nitrogens with one attached hydrogen (secondary N) is 3. The number of hydrogen-bond donors (Lipinski definition) is 3. The molecule has 0 atom stereocenters. The molecule has 0 fully saturated rings. The predicted molar refractivity (Wildman–Crippen MR) is 112 cm³/mol. The third kappa shape index (κ3) is 4.55. The molecule has 164 valence electrons. The third-order valence-electron chi connectivity index (χ3n) is 4.28. The largest absolute Gasteiger partial charge is 0.417 e. The highest BCUT2D eigenvalue weighted by Crippen LogP contribution is 2.36. The maximum Gasteiger partial charge on any atom is 0.417 e. The fourth-order valence-corrected chi connectivity index (χ4v) is 3.78. The van der Waals surface area contributed by atoms with Crippen LogP contribution in [0.15, 0.2) is 43.0 Å². The van der Waals surface area contributed by atoms with Gasteiger partial charge in [-0.25, -0.2) is 15.0 Å². The maximum atomic E-state index is 13.0. The Hall–Kier alpha value is -3.51. The highest BCUT2D eigenvalue weighted by atomic mass is 35.5. The minimum Gasteiger partial charge on any atom is -0.346 e. The van der Waals surface area contributed by atoms with Crippen LogP contribution in [0.3, 0.4) is 0 Å². The molecule has 0 bridgehead atoms. The van der Waals surface area contributed by atoms with Gasteiger partial charge in [0.15, 0.2) is 0 Å². The first-order chi connectivity index (χ1) is 15.2. The monoisotopic (exact) mass is 480 g/mol. The summed E-state index contributed by atoms with van der Waals surface area (Å²) in [5.41, 5.74) is -0.400. The van der Waals surface area contributed by atoms with Crippen molar-refractivity contribution >= 4 is 51.5 Å². The molecule has 0 saturated heterocycles. The van der Waals surface area contributed by atoms with Crippen molar-refractivity contribution in [3.05, 3.63) is 69.2 Å². The van der Waals surface area contributed by atoms with Gasteiger partial charge < -0.3 is 15.6 Å². The first kappa shape index (κ1) is 21.7. The maximum absolute atomic E-state index is 13.0. The number of fused-ring (bicyclic) bond motifs is 1. The molecule has 1 aromatic carbocycles. The van der Waals surface area contributed by atoms with Gasteiger partial charge in [0, 0.05) is 11.9 Å². The molecule has 32 heavy (non-hydrogen) atoms. The van der Waals surface area contributed by atoms with E-state index in [2.05, 4.69) is 30.6 Å². The molecule has 0 saturated carbocycles. The number of aromatic nitrogens is 4. The zero-order valence-electron chi connectivity index (χ0n) is 15.8. The Balaban J connectivity index is 1.41. The summed E-state index contributed by atoms with van der Waals surface area (Å²) in [5, 5.41) is 5.57. The fraction of sp³-hybridized carbons (Fsp3) is 0.105. The third-order valence-corrected chi connectivity index (χ3v) is 5.60. The molecule has 0 aliphatic heterocycles. The summed E-state index contributed by atoms with van der Waals surface area (Å²) in [6.07, 6.45) is -0.471. The van der Waals surface area contributed by atoms with Crippen LogP contribution < -0.4 is 10.6 Å². The quantitative estimate of drug-likeness (QED) is 0.395. The smallest absolute Gasteiger partial charge is 0.346 e. The lowest BCUT2D eigenvalue weighted by molar-refractivity contribution is -0.137. The Morgan fingerprint density at radius 2 is 1.94 bits per heavy atom. The van der Waals surface area contributed by atoms with Gasteiger partial charge in [0.2, 0.25) is 0 Å². The molecule has 3 aromatic heterocycles. The molecular weight excluding hydrogens is 469 g/mol. The van der Waals surface area contributed by atoms with Gasteiger partial charge in [0.25, 0.3) is 11.8 Å². The molecule has 0 radical (unpaired) electrons. The fourth-order valence-electron chi connectivity index (χ4n) is 2.80. The van der Waals surface area contributed by atoms with Crippen molar-refractivity contribution in [2.75, 3.05) is 5.32 Å². The Labute approximate surface area is 186 Å². The number of benzene rings is 1. The van der Waals surface area contributed by atoms with Crippen molar-refractivity contribution in [1.82, 2.24) is 25.3 Å². The van der Waals surface area contributed by atoms with Crippen molar-refractivity contribution in [1.29, 1.82) is 0 Å². The number of nitrogens with zero attached hydrogens (tertiary/aromatic N) is 3. The summed E-state index contributed by atoms with van der Waals surface area (Å²) in [5.74, 6) is -1.08. The van der Waals surface area contributed by atoms with E-state index >= 15 is 0 Å². The SMILES string of the molecule is O=C(Nc1ccc(Cl)c(C(F)(F)F)c1)c1cnc(CNC(=O)c2ncnc3[nH]ccc23)s1. The second-order valence-corrected chi connectivity index (χ2v) is 7.93. The number of aromatic amines is 1. The van der Waals surface area contributed by atoms with Crippen molar-refractivity contribution in [2.24, 2.45) is 0 Å².